The van der Waals surface area contributed by atoms with E-state index in [4.69, 9.17) is 5.11 Å². The number of piperazine rings is 1. The van der Waals surface area contributed by atoms with Gasteiger partial charge < -0.3 is 20.4 Å². The number of carboxylic acids is 1. The Labute approximate surface area is 112 Å². The fraction of sp³-hybridized carbons (Fsp3) is 0.833. The minimum absolute atomic E-state index is 0.0504. The van der Waals surface area contributed by atoms with Gasteiger partial charge in [-0.15, -0.1) is 0 Å². The van der Waals surface area contributed by atoms with E-state index in [0.717, 1.165) is 0 Å². The van der Waals surface area contributed by atoms with Gasteiger partial charge in [-0.2, -0.15) is 0 Å². The van der Waals surface area contributed by atoms with Crippen molar-refractivity contribution in [3.63, 3.8) is 0 Å². The second-order valence-electron chi connectivity index (χ2n) is 5.16. The van der Waals surface area contributed by atoms with Crippen LogP contribution in [0, 0.1) is 0 Å². The molecule has 0 radical (unpaired) electrons. The standard InChI is InChI=1S/C12H21N3O4/c16-9-7-10(13-8-9)12(19)15-5-3-14(4-6-15)2-1-11(17)18/h9-10,13,16H,1-8H2,(H,17,18). The fourth-order valence-corrected chi connectivity index (χ4v) is 2.57. The Balaban J connectivity index is 1.73. The highest BCUT2D eigenvalue weighted by Crippen LogP contribution is 2.11. The number of nitrogens with zero attached hydrogens (tertiary/aromatic N) is 2. The minimum Gasteiger partial charge on any atom is -0.481 e. The van der Waals surface area contributed by atoms with E-state index in [0.29, 0.717) is 45.7 Å². The highest BCUT2D eigenvalue weighted by molar-refractivity contribution is 5.82. The molecule has 19 heavy (non-hydrogen) atoms. The SMILES string of the molecule is O=C(O)CCN1CCN(C(=O)C2CC(O)CN2)CC1. The molecule has 7 nitrogen and oxygen atoms in total. The van der Waals surface area contributed by atoms with E-state index < -0.39 is 12.1 Å². The van der Waals surface area contributed by atoms with Gasteiger partial charge in [0.1, 0.15) is 0 Å². The maximum absolute atomic E-state index is 12.2. The Morgan fingerprint density at radius 2 is 1.89 bits per heavy atom. The molecule has 1 amide bonds. The first-order chi connectivity index (χ1) is 9.06. The van der Waals surface area contributed by atoms with E-state index in [1.165, 1.54) is 0 Å². The van der Waals surface area contributed by atoms with Crippen molar-refractivity contribution in [1.29, 1.82) is 0 Å². The maximum Gasteiger partial charge on any atom is 0.304 e. The lowest BCUT2D eigenvalue weighted by atomic mass is 10.1. The molecule has 0 spiro atoms. The van der Waals surface area contributed by atoms with Gasteiger partial charge in [0, 0.05) is 39.3 Å². The van der Waals surface area contributed by atoms with Crippen LogP contribution in [0.4, 0.5) is 0 Å². The Hall–Kier alpha value is -1.18. The van der Waals surface area contributed by atoms with Crippen LogP contribution in [-0.2, 0) is 9.59 Å². The zero-order valence-corrected chi connectivity index (χ0v) is 10.9. The number of aliphatic carboxylic acids is 1. The van der Waals surface area contributed by atoms with E-state index >= 15 is 0 Å². The number of aliphatic hydroxyl groups excluding tert-OH is 1. The largest absolute Gasteiger partial charge is 0.481 e. The van der Waals surface area contributed by atoms with Crippen molar-refractivity contribution >= 4 is 11.9 Å². The quantitative estimate of drug-likeness (QED) is 0.566. The Morgan fingerprint density at radius 1 is 1.21 bits per heavy atom. The van der Waals surface area contributed by atoms with Crippen molar-refractivity contribution in [3.8, 4) is 0 Å². The van der Waals surface area contributed by atoms with Crippen molar-refractivity contribution < 1.29 is 19.8 Å². The second kappa shape index (κ2) is 6.31. The average Bonchev–Trinajstić information content (AvgIpc) is 2.83. The summed E-state index contributed by atoms with van der Waals surface area (Å²) in [5.41, 5.74) is 0. The molecule has 0 aromatic rings. The van der Waals surface area contributed by atoms with E-state index in [1.807, 2.05) is 0 Å². The number of β-amino-alcohol motifs (C(OH)–C–C–N with tert-alkyl or cyclic N) is 1. The first kappa shape index (κ1) is 14.2. The molecule has 2 aliphatic rings. The van der Waals surface area contributed by atoms with Crippen molar-refractivity contribution in [2.75, 3.05) is 39.3 Å². The molecule has 2 aliphatic heterocycles. The van der Waals surface area contributed by atoms with Crippen LogP contribution in [0.25, 0.3) is 0 Å². The molecule has 0 saturated carbocycles. The van der Waals surface area contributed by atoms with Crippen molar-refractivity contribution in [1.82, 2.24) is 15.1 Å². The molecular weight excluding hydrogens is 250 g/mol. The van der Waals surface area contributed by atoms with Crippen LogP contribution in [0.1, 0.15) is 12.8 Å². The minimum atomic E-state index is -0.789. The van der Waals surface area contributed by atoms with Gasteiger partial charge in [-0.25, -0.2) is 0 Å². The number of carboxylic acid groups (broad SMARTS) is 1. The lowest BCUT2D eigenvalue weighted by molar-refractivity contribution is -0.138. The number of rotatable bonds is 4. The number of hydrogen-bond acceptors (Lipinski definition) is 5. The summed E-state index contributed by atoms with van der Waals surface area (Å²) in [6, 6.07) is -0.263. The van der Waals surface area contributed by atoms with Crippen LogP contribution >= 0.6 is 0 Å². The van der Waals surface area contributed by atoms with E-state index in [9.17, 15) is 14.7 Å². The first-order valence-electron chi connectivity index (χ1n) is 6.70. The van der Waals surface area contributed by atoms with Crippen LogP contribution in [0.5, 0.6) is 0 Å². The van der Waals surface area contributed by atoms with Crippen LogP contribution < -0.4 is 5.32 Å². The first-order valence-corrected chi connectivity index (χ1v) is 6.70. The normalized spacial score (nSPS) is 28.6. The van der Waals surface area contributed by atoms with Gasteiger partial charge in [-0.05, 0) is 6.42 Å². The van der Waals surface area contributed by atoms with Crippen molar-refractivity contribution in [2.24, 2.45) is 0 Å². The number of carbonyl (C=O) groups excluding carboxylic acids is 1. The second-order valence-corrected chi connectivity index (χ2v) is 5.16. The topological polar surface area (TPSA) is 93.1 Å². The van der Waals surface area contributed by atoms with Gasteiger partial charge in [-0.3, -0.25) is 14.5 Å². The summed E-state index contributed by atoms with van der Waals surface area (Å²) in [6.07, 6.45) is 0.202. The van der Waals surface area contributed by atoms with Gasteiger partial charge in [0.05, 0.1) is 18.6 Å². The molecule has 0 aromatic carbocycles. The molecule has 2 rings (SSSR count). The molecular formula is C12H21N3O4. The van der Waals surface area contributed by atoms with Gasteiger partial charge in [0.25, 0.3) is 0 Å². The zero-order chi connectivity index (χ0) is 13.8. The van der Waals surface area contributed by atoms with E-state index in [2.05, 4.69) is 10.2 Å². The van der Waals surface area contributed by atoms with Gasteiger partial charge in [0.15, 0.2) is 0 Å². The molecule has 2 unspecified atom stereocenters. The molecule has 108 valence electrons. The summed E-state index contributed by atoms with van der Waals surface area (Å²) in [4.78, 5) is 26.5. The highest BCUT2D eigenvalue weighted by atomic mass is 16.4. The number of aliphatic hydroxyl groups is 1. The maximum atomic E-state index is 12.2. The smallest absolute Gasteiger partial charge is 0.304 e. The third kappa shape index (κ3) is 3.89. The zero-order valence-electron chi connectivity index (χ0n) is 10.9. The number of hydrogen-bond donors (Lipinski definition) is 3. The molecule has 2 fully saturated rings. The molecule has 0 aromatic heterocycles. The molecule has 2 heterocycles. The molecule has 0 bridgehead atoms. The highest BCUT2D eigenvalue weighted by Gasteiger charge is 2.32. The summed E-state index contributed by atoms with van der Waals surface area (Å²) in [6.45, 7) is 3.72. The third-order valence-electron chi connectivity index (χ3n) is 3.73. The van der Waals surface area contributed by atoms with Gasteiger partial charge in [-0.1, -0.05) is 0 Å². The molecule has 3 N–H and O–H groups in total. The molecule has 2 atom stereocenters. The third-order valence-corrected chi connectivity index (χ3v) is 3.73. The van der Waals surface area contributed by atoms with Crippen LogP contribution in [0.2, 0.25) is 0 Å². The molecule has 2 saturated heterocycles. The van der Waals surface area contributed by atoms with Crippen LogP contribution in [0.15, 0.2) is 0 Å². The Morgan fingerprint density at radius 3 is 2.42 bits per heavy atom. The molecule has 7 heteroatoms. The number of nitrogens with one attached hydrogen (secondary N) is 1. The van der Waals surface area contributed by atoms with Crippen molar-refractivity contribution in [2.45, 2.75) is 25.0 Å². The number of amides is 1. The Kier molecular flexibility index (Phi) is 4.73. The lowest BCUT2D eigenvalue weighted by Gasteiger charge is -2.35. The predicted molar refractivity (Wildman–Crippen MR) is 67.7 cm³/mol. The summed E-state index contributed by atoms with van der Waals surface area (Å²) in [5, 5.41) is 21.1. The van der Waals surface area contributed by atoms with Crippen molar-refractivity contribution in [3.05, 3.63) is 0 Å². The lowest BCUT2D eigenvalue weighted by Crippen LogP contribution is -2.53. The van der Waals surface area contributed by atoms with Crippen LogP contribution in [-0.4, -0.2) is 83.3 Å². The fourth-order valence-electron chi connectivity index (χ4n) is 2.57. The summed E-state index contributed by atoms with van der Waals surface area (Å²) in [7, 11) is 0. The van der Waals surface area contributed by atoms with E-state index in [1.54, 1.807) is 4.90 Å². The van der Waals surface area contributed by atoms with Crippen LogP contribution in [0.3, 0.4) is 0 Å². The Bertz CT molecular complexity index is 342. The summed E-state index contributed by atoms with van der Waals surface area (Å²) < 4.78 is 0. The predicted octanol–water partition coefficient (Wildman–Crippen LogP) is -1.67. The van der Waals surface area contributed by atoms with Gasteiger partial charge in [0.2, 0.25) is 5.91 Å². The summed E-state index contributed by atoms with van der Waals surface area (Å²) in [5.74, 6) is -0.739. The molecule has 0 aliphatic carbocycles. The average molecular weight is 271 g/mol. The monoisotopic (exact) mass is 271 g/mol. The van der Waals surface area contributed by atoms with E-state index in [-0.39, 0.29) is 18.4 Å². The number of carbonyl (C=O) groups is 2. The van der Waals surface area contributed by atoms with Gasteiger partial charge >= 0.3 is 5.97 Å². The summed E-state index contributed by atoms with van der Waals surface area (Å²) >= 11 is 0.